The fourth-order valence-electron chi connectivity index (χ4n) is 2.04. The van der Waals surface area contributed by atoms with Crippen LogP contribution in [0.15, 0.2) is 42.6 Å². The van der Waals surface area contributed by atoms with Gasteiger partial charge in [0.05, 0.1) is 5.02 Å². The summed E-state index contributed by atoms with van der Waals surface area (Å²) in [4.78, 5) is 4.35. The molecule has 0 unspecified atom stereocenters. The van der Waals surface area contributed by atoms with Gasteiger partial charge in [0.2, 0.25) is 0 Å². The lowest BCUT2D eigenvalue weighted by atomic mass is 10.2. The van der Waals surface area contributed by atoms with Gasteiger partial charge in [-0.1, -0.05) is 18.2 Å². The van der Waals surface area contributed by atoms with Crippen molar-refractivity contribution in [1.29, 1.82) is 0 Å². The molecule has 0 aliphatic heterocycles. The number of rotatable bonds is 6. The summed E-state index contributed by atoms with van der Waals surface area (Å²) in [6, 6.07) is 8.20. The number of benzene rings is 1. The zero-order valence-electron chi connectivity index (χ0n) is 11.2. The van der Waals surface area contributed by atoms with Gasteiger partial charge in [-0.25, -0.2) is 0 Å². The van der Waals surface area contributed by atoms with Crippen LogP contribution in [0.4, 0.5) is 0 Å². The molecule has 3 nitrogen and oxygen atoms in total. The Bertz CT molecular complexity index is 637. The number of hydrogen-bond donors (Lipinski definition) is 1. The highest BCUT2D eigenvalue weighted by atomic mass is 35.5. The normalized spacial score (nSPS) is 14.4. The first-order chi connectivity index (χ1) is 9.74. The molecule has 0 atom stereocenters. The molecule has 1 aromatic heterocycles. The van der Waals surface area contributed by atoms with Crippen molar-refractivity contribution in [2.45, 2.75) is 18.9 Å². The molecule has 0 amide bonds. The van der Waals surface area contributed by atoms with E-state index in [4.69, 9.17) is 16.3 Å². The van der Waals surface area contributed by atoms with E-state index in [2.05, 4.69) is 16.9 Å². The first-order valence-corrected chi connectivity index (χ1v) is 7.18. The van der Waals surface area contributed by atoms with Gasteiger partial charge >= 0.3 is 0 Å². The summed E-state index contributed by atoms with van der Waals surface area (Å²) in [6.07, 6.45) is 4.30. The fourth-order valence-corrected chi connectivity index (χ4v) is 2.25. The molecule has 0 saturated heterocycles. The average molecular weight is 289 g/mol. The van der Waals surface area contributed by atoms with E-state index < -0.39 is 0 Å². The Morgan fingerprint density at radius 2 is 2.25 bits per heavy atom. The van der Waals surface area contributed by atoms with Crippen molar-refractivity contribution in [3.8, 4) is 5.75 Å². The second-order valence-electron chi connectivity index (χ2n) is 5.14. The molecule has 104 valence electrons. The van der Waals surface area contributed by atoms with Gasteiger partial charge in [-0.15, -0.1) is 0 Å². The molecule has 1 saturated carbocycles. The van der Waals surface area contributed by atoms with E-state index in [0.717, 1.165) is 28.8 Å². The van der Waals surface area contributed by atoms with E-state index in [1.807, 2.05) is 24.3 Å². The molecule has 1 heterocycles. The van der Waals surface area contributed by atoms with E-state index in [1.54, 1.807) is 6.20 Å². The zero-order chi connectivity index (χ0) is 13.9. The van der Waals surface area contributed by atoms with Gasteiger partial charge in [0.1, 0.15) is 17.9 Å². The summed E-state index contributed by atoms with van der Waals surface area (Å²) >= 11 is 6.16. The molecule has 1 N–H and O–H groups in total. The molecule has 1 aromatic carbocycles. The van der Waals surface area contributed by atoms with E-state index in [0.29, 0.717) is 17.7 Å². The number of pyridine rings is 1. The Balaban J connectivity index is 1.67. The molecule has 4 heteroatoms. The molecule has 3 rings (SSSR count). The number of nitrogens with one attached hydrogen (secondary N) is 1. The maximum absolute atomic E-state index is 6.16. The minimum Gasteiger partial charge on any atom is -0.487 e. The summed E-state index contributed by atoms with van der Waals surface area (Å²) in [6.45, 7) is 5.34. The largest absolute Gasteiger partial charge is 0.487 e. The van der Waals surface area contributed by atoms with Crippen LogP contribution in [-0.2, 0) is 0 Å². The summed E-state index contributed by atoms with van der Waals surface area (Å²) in [5.41, 5.74) is 1.83. The SMILES string of the molecule is C=C(CNC1CC1)COc1ccc(Cl)c2cccnc12. The van der Waals surface area contributed by atoms with Crippen LogP contribution in [-0.4, -0.2) is 24.2 Å². The van der Waals surface area contributed by atoms with Crippen molar-refractivity contribution in [2.75, 3.05) is 13.2 Å². The lowest BCUT2D eigenvalue weighted by Gasteiger charge is -2.11. The monoisotopic (exact) mass is 288 g/mol. The van der Waals surface area contributed by atoms with Crippen LogP contribution in [0.3, 0.4) is 0 Å². The van der Waals surface area contributed by atoms with Crippen molar-refractivity contribution in [3.63, 3.8) is 0 Å². The van der Waals surface area contributed by atoms with Gasteiger partial charge in [0.15, 0.2) is 0 Å². The Labute approximate surface area is 123 Å². The Morgan fingerprint density at radius 1 is 1.40 bits per heavy atom. The van der Waals surface area contributed by atoms with Crippen LogP contribution in [0.1, 0.15) is 12.8 Å². The highest BCUT2D eigenvalue weighted by Gasteiger charge is 2.20. The van der Waals surface area contributed by atoms with Crippen LogP contribution in [0.5, 0.6) is 5.75 Å². The number of ether oxygens (including phenoxy) is 1. The standard InChI is InChI=1S/C16H17ClN2O/c1-11(9-19-12-4-5-12)10-20-15-7-6-14(17)13-3-2-8-18-16(13)15/h2-3,6-8,12,19H,1,4-5,9-10H2. The smallest absolute Gasteiger partial charge is 0.146 e. The molecular weight excluding hydrogens is 272 g/mol. The van der Waals surface area contributed by atoms with E-state index >= 15 is 0 Å². The third kappa shape index (κ3) is 3.11. The number of hydrogen-bond acceptors (Lipinski definition) is 3. The van der Waals surface area contributed by atoms with E-state index in [9.17, 15) is 0 Å². The molecular formula is C16H17ClN2O. The quantitative estimate of drug-likeness (QED) is 0.825. The van der Waals surface area contributed by atoms with E-state index in [1.165, 1.54) is 12.8 Å². The Kier molecular flexibility index (Phi) is 3.90. The van der Waals surface area contributed by atoms with Crippen LogP contribution >= 0.6 is 11.6 Å². The van der Waals surface area contributed by atoms with Gasteiger partial charge in [-0.3, -0.25) is 4.98 Å². The lowest BCUT2D eigenvalue weighted by Crippen LogP contribution is -2.21. The van der Waals surface area contributed by atoms with Crippen LogP contribution in [0.2, 0.25) is 5.02 Å². The van der Waals surface area contributed by atoms with Crippen LogP contribution < -0.4 is 10.1 Å². The molecule has 20 heavy (non-hydrogen) atoms. The topological polar surface area (TPSA) is 34.1 Å². The van der Waals surface area contributed by atoms with Crippen molar-refractivity contribution >= 4 is 22.5 Å². The molecule has 0 radical (unpaired) electrons. The second-order valence-corrected chi connectivity index (χ2v) is 5.55. The minimum absolute atomic E-state index is 0.493. The Morgan fingerprint density at radius 3 is 3.05 bits per heavy atom. The van der Waals surface area contributed by atoms with Crippen molar-refractivity contribution < 1.29 is 4.74 Å². The summed E-state index contributed by atoms with van der Waals surface area (Å²) in [5.74, 6) is 0.748. The number of halogens is 1. The molecule has 1 aliphatic carbocycles. The minimum atomic E-state index is 0.493. The maximum Gasteiger partial charge on any atom is 0.146 e. The van der Waals surface area contributed by atoms with Crippen molar-refractivity contribution in [2.24, 2.45) is 0 Å². The van der Waals surface area contributed by atoms with Gasteiger partial charge in [0, 0.05) is 24.2 Å². The molecule has 0 spiro atoms. The first kappa shape index (κ1) is 13.4. The predicted octanol–water partition coefficient (Wildman–Crippen LogP) is 3.58. The fraction of sp³-hybridized carbons (Fsp3) is 0.312. The summed E-state index contributed by atoms with van der Waals surface area (Å²) < 4.78 is 5.83. The Hall–Kier alpha value is -1.58. The number of nitrogens with zero attached hydrogens (tertiary/aromatic N) is 1. The molecule has 2 aromatic rings. The number of aromatic nitrogens is 1. The first-order valence-electron chi connectivity index (χ1n) is 6.80. The third-order valence-corrected chi connectivity index (χ3v) is 3.66. The van der Waals surface area contributed by atoms with Crippen LogP contribution in [0, 0.1) is 0 Å². The van der Waals surface area contributed by atoms with E-state index in [-0.39, 0.29) is 0 Å². The number of fused-ring (bicyclic) bond motifs is 1. The zero-order valence-corrected chi connectivity index (χ0v) is 12.0. The van der Waals surface area contributed by atoms with Gasteiger partial charge in [-0.2, -0.15) is 0 Å². The lowest BCUT2D eigenvalue weighted by molar-refractivity contribution is 0.351. The second kappa shape index (κ2) is 5.81. The molecule has 1 fully saturated rings. The van der Waals surface area contributed by atoms with Gasteiger partial charge in [0.25, 0.3) is 0 Å². The molecule has 0 bridgehead atoms. The average Bonchev–Trinajstić information content (AvgIpc) is 3.29. The third-order valence-electron chi connectivity index (χ3n) is 3.33. The van der Waals surface area contributed by atoms with Crippen molar-refractivity contribution in [1.82, 2.24) is 10.3 Å². The summed E-state index contributed by atoms with van der Waals surface area (Å²) in [7, 11) is 0. The van der Waals surface area contributed by atoms with Gasteiger partial charge in [-0.05, 0) is 42.7 Å². The van der Waals surface area contributed by atoms with Crippen molar-refractivity contribution in [3.05, 3.63) is 47.6 Å². The highest BCUT2D eigenvalue weighted by molar-refractivity contribution is 6.35. The highest BCUT2D eigenvalue weighted by Crippen LogP contribution is 2.29. The maximum atomic E-state index is 6.16. The predicted molar refractivity (Wildman–Crippen MR) is 82.4 cm³/mol. The summed E-state index contributed by atoms with van der Waals surface area (Å²) in [5, 5.41) is 5.02. The van der Waals surface area contributed by atoms with Crippen LogP contribution in [0.25, 0.3) is 10.9 Å². The van der Waals surface area contributed by atoms with Gasteiger partial charge < -0.3 is 10.1 Å². The molecule has 1 aliphatic rings.